The molecule has 0 radical (unpaired) electrons. The molecule has 144 valence electrons. The number of aromatic nitrogens is 3. The first-order chi connectivity index (χ1) is 13.9. The molecule has 0 N–H and O–H groups in total. The number of benzene rings is 2. The second kappa shape index (κ2) is 6.73. The highest BCUT2D eigenvalue weighted by Crippen LogP contribution is 2.35. The third-order valence-electron chi connectivity index (χ3n) is 5.79. The molecule has 3 nitrogen and oxygen atoms in total. The molecule has 3 heterocycles. The van der Waals surface area contributed by atoms with Crippen molar-refractivity contribution < 1.29 is 0 Å². The minimum atomic E-state index is 1.06. The normalized spacial score (nSPS) is 11.6. The van der Waals surface area contributed by atoms with Crippen LogP contribution in [0.2, 0.25) is 0 Å². The van der Waals surface area contributed by atoms with Gasteiger partial charge in [0.1, 0.15) is 0 Å². The number of aryl methyl sites for hydroxylation is 4. The summed E-state index contributed by atoms with van der Waals surface area (Å²) in [6.45, 7) is 8.65. The van der Waals surface area contributed by atoms with Gasteiger partial charge in [-0.15, -0.1) is 0 Å². The maximum absolute atomic E-state index is 4.89. The molecule has 0 atom stereocenters. The minimum absolute atomic E-state index is 1.06. The molecule has 0 bridgehead atoms. The molecular formula is C25H22IN3. The fraction of sp³-hybridized carbons (Fsp3) is 0.160. The van der Waals surface area contributed by atoms with Crippen LogP contribution < -0.4 is 0 Å². The number of rotatable bonds is 2. The van der Waals surface area contributed by atoms with Crippen LogP contribution in [0.4, 0.5) is 0 Å². The zero-order valence-corrected chi connectivity index (χ0v) is 19.2. The van der Waals surface area contributed by atoms with E-state index in [1.54, 1.807) is 0 Å². The number of nitrogens with zero attached hydrogens (tertiary/aromatic N) is 3. The van der Waals surface area contributed by atoms with Crippen molar-refractivity contribution in [1.29, 1.82) is 0 Å². The third kappa shape index (κ3) is 2.89. The predicted octanol–water partition coefficient (Wildman–Crippen LogP) is 6.78. The van der Waals surface area contributed by atoms with Crippen LogP contribution >= 0.6 is 22.6 Å². The average Bonchev–Trinajstić information content (AvgIpc) is 3.22. The molecule has 0 unspecified atom stereocenters. The van der Waals surface area contributed by atoms with E-state index in [0.29, 0.717) is 0 Å². The van der Waals surface area contributed by atoms with Crippen LogP contribution in [0.15, 0.2) is 60.8 Å². The van der Waals surface area contributed by atoms with E-state index in [9.17, 15) is 0 Å². The Morgan fingerprint density at radius 2 is 1.41 bits per heavy atom. The third-order valence-corrected chi connectivity index (χ3v) is 6.51. The standard InChI is InChI=1S/C25H22IN3/c1-15-5-11-22(12-6-15)29-17(3)24-16(2)27-28-14-20(13-23(28)25(24)18(29)4)19-7-9-21(26)10-8-19/h5-14H,1-4H3. The van der Waals surface area contributed by atoms with E-state index in [2.05, 4.69) is 116 Å². The molecule has 29 heavy (non-hydrogen) atoms. The summed E-state index contributed by atoms with van der Waals surface area (Å²) >= 11 is 2.34. The summed E-state index contributed by atoms with van der Waals surface area (Å²) < 4.78 is 5.64. The summed E-state index contributed by atoms with van der Waals surface area (Å²) in [6, 6.07) is 19.7. The maximum Gasteiger partial charge on any atom is 0.0749 e. The van der Waals surface area contributed by atoms with E-state index in [-0.39, 0.29) is 0 Å². The summed E-state index contributed by atoms with van der Waals surface area (Å²) in [4.78, 5) is 0. The van der Waals surface area contributed by atoms with E-state index < -0.39 is 0 Å². The van der Waals surface area contributed by atoms with Gasteiger partial charge in [0.2, 0.25) is 0 Å². The van der Waals surface area contributed by atoms with E-state index in [1.165, 1.54) is 48.1 Å². The number of hydrogen-bond acceptors (Lipinski definition) is 1. The van der Waals surface area contributed by atoms with Crippen molar-refractivity contribution in [2.24, 2.45) is 0 Å². The largest absolute Gasteiger partial charge is 0.317 e. The van der Waals surface area contributed by atoms with E-state index in [1.807, 2.05) is 4.52 Å². The first-order valence-electron chi connectivity index (χ1n) is 9.77. The SMILES string of the molecule is Cc1ccc(-n2c(C)c3c(C)nn4cc(-c5ccc(I)cc5)cc4c3c2C)cc1. The molecule has 0 fully saturated rings. The minimum Gasteiger partial charge on any atom is -0.317 e. The lowest BCUT2D eigenvalue weighted by molar-refractivity contribution is 0.919. The van der Waals surface area contributed by atoms with Crippen molar-refractivity contribution in [1.82, 2.24) is 14.2 Å². The molecule has 5 rings (SSSR count). The van der Waals surface area contributed by atoms with Crippen LogP contribution in [0.25, 0.3) is 33.1 Å². The average molecular weight is 491 g/mol. The highest BCUT2D eigenvalue weighted by atomic mass is 127. The fourth-order valence-electron chi connectivity index (χ4n) is 4.41. The molecule has 0 aliphatic carbocycles. The quantitative estimate of drug-likeness (QED) is 0.250. The first-order valence-corrected chi connectivity index (χ1v) is 10.9. The number of hydrogen-bond donors (Lipinski definition) is 0. The lowest BCUT2D eigenvalue weighted by Crippen LogP contribution is -1.98. The summed E-state index contributed by atoms with van der Waals surface area (Å²) in [5, 5.41) is 7.43. The topological polar surface area (TPSA) is 22.2 Å². The highest BCUT2D eigenvalue weighted by Gasteiger charge is 2.19. The van der Waals surface area contributed by atoms with Crippen LogP contribution in [-0.2, 0) is 0 Å². The lowest BCUT2D eigenvalue weighted by atomic mass is 10.1. The van der Waals surface area contributed by atoms with Gasteiger partial charge in [0.15, 0.2) is 0 Å². The zero-order valence-electron chi connectivity index (χ0n) is 17.0. The van der Waals surface area contributed by atoms with Gasteiger partial charge in [-0.3, -0.25) is 0 Å². The fourth-order valence-corrected chi connectivity index (χ4v) is 4.77. The van der Waals surface area contributed by atoms with Crippen LogP contribution in [0.3, 0.4) is 0 Å². The van der Waals surface area contributed by atoms with E-state index in [0.717, 1.165) is 11.2 Å². The second-order valence-electron chi connectivity index (χ2n) is 7.74. The molecule has 0 spiro atoms. The summed E-state index contributed by atoms with van der Waals surface area (Å²) in [7, 11) is 0. The van der Waals surface area contributed by atoms with Crippen molar-refractivity contribution in [3.8, 4) is 16.8 Å². The molecule has 5 aromatic rings. The van der Waals surface area contributed by atoms with Crippen LogP contribution in [0, 0.1) is 31.3 Å². The second-order valence-corrected chi connectivity index (χ2v) is 8.99. The molecular weight excluding hydrogens is 469 g/mol. The Morgan fingerprint density at radius 3 is 2.10 bits per heavy atom. The molecule has 2 aromatic carbocycles. The van der Waals surface area contributed by atoms with Crippen LogP contribution in [-0.4, -0.2) is 14.2 Å². The Kier molecular flexibility index (Phi) is 4.28. The molecule has 0 aliphatic heterocycles. The Labute approximate surface area is 184 Å². The Hall–Kier alpha value is -2.60. The number of fused-ring (bicyclic) bond motifs is 3. The highest BCUT2D eigenvalue weighted by molar-refractivity contribution is 14.1. The molecule has 3 aromatic heterocycles. The monoisotopic (exact) mass is 491 g/mol. The molecule has 0 aliphatic rings. The first kappa shape index (κ1) is 18.4. The molecule has 0 amide bonds. The molecule has 4 heteroatoms. The van der Waals surface area contributed by atoms with Gasteiger partial charge in [0.05, 0.1) is 11.2 Å². The van der Waals surface area contributed by atoms with Crippen molar-refractivity contribution in [2.75, 3.05) is 0 Å². The molecule has 0 saturated heterocycles. The number of halogens is 1. The Morgan fingerprint density at radius 1 is 0.759 bits per heavy atom. The van der Waals surface area contributed by atoms with Crippen molar-refractivity contribution in [3.63, 3.8) is 0 Å². The van der Waals surface area contributed by atoms with Gasteiger partial charge in [-0.25, -0.2) is 4.52 Å². The Bertz CT molecular complexity index is 1370. The summed E-state index contributed by atoms with van der Waals surface area (Å²) in [5.41, 5.74) is 9.60. The van der Waals surface area contributed by atoms with Gasteiger partial charge < -0.3 is 4.57 Å². The zero-order chi connectivity index (χ0) is 20.3. The van der Waals surface area contributed by atoms with Crippen LogP contribution in [0.5, 0.6) is 0 Å². The van der Waals surface area contributed by atoms with Gasteiger partial charge in [-0.05, 0) is 86.2 Å². The van der Waals surface area contributed by atoms with Crippen molar-refractivity contribution >= 4 is 38.9 Å². The van der Waals surface area contributed by atoms with Crippen LogP contribution in [0.1, 0.15) is 22.6 Å². The molecule has 0 saturated carbocycles. The smallest absolute Gasteiger partial charge is 0.0749 e. The Balaban J connectivity index is 1.81. The van der Waals surface area contributed by atoms with Gasteiger partial charge >= 0.3 is 0 Å². The van der Waals surface area contributed by atoms with E-state index >= 15 is 0 Å². The predicted molar refractivity (Wildman–Crippen MR) is 129 cm³/mol. The lowest BCUT2D eigenvalue weighted by Gasteiger charge is -2.09. The summed E-state index contributed by atoms with van der Waals surface area (Å²) in [6.07, 6.45) is 2.14. The van der Waals surface area contributed by atoms with Crippen molar-refractivity contribution in [3.05, 3.63) is 87.0 Å². The van der Waals surface area contributed by atoms with Crippen molar-refractivity contribution in [2.45, 2.75) is 27.7 Å². The van der Waals surface area contributed by atoms with Gasteiger partial charge in [-0.1, -0.05) is 29.8 Å². The van der Waals surface area contributed by atoms with Gasteiger partial charge in [0.25, 0.3) is 0 Å². The summed E-state index contributed by atoms with van der Waals surface area (Å²) in [5.74, 6) is 0. The van der Waals surface area contributed by atoms with E-state index in [4.69, 9.17) is 5.10 Å². The maximum atomic E-state index is 4.89. The van der Waals surface area contributed by atoms with Gasteiger partial charge in [-0.2, -0.15) is 5.10 Å². The van der Waals surface area contributed by atoms with Gasteiger partial charge in [0, 0.05) is 43.2 Å².